The number of carboxylic acids is 1. The molecule has 0 amide bonds. The average molecular weight is 312 g/mol. The summed E-state index contributed by atoms with van der Waals surface area (Å²) < 4.78 is 5.81. The van der Waals surface area contributed by atoms with Crippen molar-refractivity contribution < 1.29 is 14.6 Å². The van der Waals surface area contributed by atoms with Gasteiger partial charge in [-0.15, -0.1) is 0 Å². The summed E-state index contributed by atoms with van der Waals surface area (Å²) >= 11 is 0. The van der Waals surface area contributed by atoms with E-state index in [0.29, 0.717) is 24.2 Å². The molecule has 2 aromatic rings. The lowest BCUT2D eigenvalue weighted by atomic mass is 9.81. The highest BCUT2D eigenvalue weighted by Crippen LogP contribution is 2.31. The topological polar surface area (TPSA) is 71.5 Å². The summed E-state index contributed by atoms with van der Waals surface area (Å²) in [6.07, 6.45) is 2.52. The Morgan fingerprint density at radius 3 is 2.87 bits per heavy atom. The molecule has 3 rings (SSSR count). The lowest BCUT2D eigenvalue weighted by molar-refractivity contribution is 0.0683. The van der Waals surface area contributed by atoms with Gasteiger partial charge in [-0.2, -0.15) is 0 Å². The van der Waals surface area contributed by atoms with Crippen molar-refractivity contribution in [2.45, 2.75) is 12.3 Å². The highest BCUT2D eigenvalue weighted by Gasteiger charge is 2.27. The van der Waals surface area contributed by atoms with Crippen molar-refractivity contribution in [3.05, 3.63) is 59.9 Å². The van der Waals surface area contributed by atoms with Gasteiger partial charge in [-0.1, -0.05) is 30.3 Å². The van der Waals surface area contributed by atoms with E-state index >= 15 is 0 Å². The molecule has 0 bridgehead atoms. The Hall–Kier alpha value is -2.40. The van der Waals surface area contributed by atoms with Gasteiger partial charge in [0.15, 0.2) is 11.4 Å². The van der Waals surface area contributed by atoms with Gasteiger partial charge < -0.3 is 15.2 Å². The van der Waals surface area contributed by atoms with Gasteiger partial charge in [-0.05, 0) is 36.6 Å². The van der Waals surface area contributed by atoms with Crippen LogP contribution in [0.15, 0.2) is 48.7 Å². The first-order valence-corrected chi connectivity index (χ1v) is 7.82. The molecule has 0 radical (unpaired) electrons. The van der Waals surface area contributed by atoms with Crippen molar-refractivity contribution in [1.82, 2.24) is 10.3 Å². The Bertz CT molecular complexity index is 660. The third-order valence-electron chi connectivity index (χ3n) is 4.26. The van der Waals surface area contributed by atoms with Gasteiger partial charge in [0.05, 0.1) is 6.61 Å². The number of pyridine rings is 1. The fourth-order valence-electron chi connectivity index (χ4n) is 3.10. The van der Waals surface area contributed by atoms with E-state index in [4.69, 9.17) is 4.74 Å². The number of hydrogen-bond donors (Lipinski definition) is 2. The smallest absolute Gasteiger partial charge is 0.358 e. The molecule has 1 fully saturated rings. The maximum Gasteiger partial charge on any atom is 0.358 e. The predicted octanol–water partition coefficient (Wildman–Crippen LogP) is 2.55. The molecule has 0 spiro atoms. The zero-order valence-electron chi connectivity index (χ0n) is 12.8. The van der Waals surface area contributed by atoms with Crippen molar-refractivity contribution in [3.8, 4) is 5.75 Å². The second kappa shape index (κ2) is 7.24. The van der Waals surface area contributed by atoms with Crippen LogP contribution in [0.4, 0.5) is 0 Å². The quantitative estimate of drug-likeness (QED) is 0.888. The fraction of sp³-hybridized carbons (Fsp3) is 0.333. The summed E-state index contributed by atoms with van der Waals surface area (Å²) in [5.41, 5.74) is 1.28. The molecular weight excluding hydrogens is 292 g/mol. The number of aromatic carboxylic acids is 1. The predicted molar refractivity (Wildman–Crippen MR) is 86.9 cm³/mol. The summed E-state index contributed by atoms with van der Waals surface area (Å²) in [7, 11) is 0. The minimum atomic E-state index is -1.07. The Balaban J connectivity index is 1.72. The van der Waals surface area contributed by atoms with E-state index in [9.17, 15) is 9.90 Å². The molecule has 2 N–H and O–H groups in total. The third kappa shape index (κ3) is 3.68. The Morgan fingerprint density at radius 1 is 1.26 bits per heavy atom. The summed E-state index contributed by atoms with van der Waals surface area (Å²) in [5.74, 6) is -0.0187. The Kier molecular flexibility index (Phi) is 4.88. The molecule has 1 saturated heterocycles. The zero-order valence-corrected chi connectivity index (χ0v) is 12.8. The first-order valence-electron chi connectivity index (χ1n) is 7.82. The monoisotopic (exact) mass is 312 g/mol. The van der Waals surface area contributed by atoms with E-state index in [2.05, 4.69) is 34.6 Å². The van der Waals surface area contributed by atoms with Crippen LogP contribution >= 0.6 is 0 Å². The molecule has 23 heavy (non-hydrogen) atoms. The van der Waals surface area contributed by atoms with Gasteiger partial charge in [0.1, 0.15) is 0 Å². The van der Waals surface area contributed by atoms with E-state index in [1.807, 2.05) is 6.07 Å². The number of nitrogens with one attached hydrogen (secondary N) is 1. The largest absolute Gasteiger partial charge is 0.491 e. The standard InChI is InChI=1S/C18H20N2O3/c21-18(22)17-16(7-4-9-20-17)23-12-14-11-19-10-8-15(14)13-5-2-1-3-6-13/h1-7,9,14-15,19H,8,10-12H2,(H,21,22)/t14-,15-/m0/s1. The van der Waals surface area contributed by atoms with Crippen LogP contribution in [0, 0.1) is 5.92 Å². The van der Waals surface area contributed by atoms with E-state index in [1.165, 1.54) is 11.8 Å². The molecule has 1 aliphatic rings. The van der Waals surface area contributed by atoms with Crippen LogP contribution < -0.4 is 10.1 Å². The number of benzene rings is 1. The Labute approximate surface area is 135 Å². The molecule has 1 aromatic heterocycles. The first-order chi connectivity index (χ1) is 11.3. The van der Waals surface area contributed by atoms with E-state index in [0.717, 1.165) is 19.5 Å². The van der Waals surface area contributed by atoms with E-state index in [-0.39, 0.29) is 5.69 Å². The van der Waals surface area contributed by atoms with Crippen molar-refractivity contribution in [3.63, 3.8) is 0 Å². The lowest BCUT2D eigenvalue weighted by Crippen LogP contribution is -2.38. The number of piperidine rings is 1. The number of hydrogen-bond acceptors (Lipinski definition) is 4. The Morgan fingerprint density at radius 2 is 2.09 bits per heavy atom. The second-order valence-corrected chi connectivity index (χ2v) is 5.74. The molecule has 1 aliphatic heterocycles. The highest BCUT2D eigenvalue weighted by atomic mass is 16.5. The first kappa shape index (κ1) is 15.5. The summed E-state index contributed by atoms with van der Waals surface area (Å²) in [4.78, 5) is 15.1. The molecule has 2 heterocycles. The minimum Gasteiger partial charge on any atom is -0.491 e. The fourth-order valence-corrected chi connectivity index (χ4v) is 3.10. The average Bonchev–Trinajstić information content (AvgIpc) is 2.61. The molecule has 5 heteroatoms. The molecule has 2 atom stereocenters. The van der Waals surface area contributed by atoms with Crippen LogP contribution in [0.3, 0.4) is 0 Å². The third-order valence-corrected chi connectivity index (χ3v) is 4.26. The minimum absolute atomic E-state index is 0.0347. The molecular formula is C18H20N2O3. The van der Waals surface area contributed by atoms with Gasteiger partial charge in [-0.3, -0.25) is 0 Å². The van der Waals surface area contributed by atoms with Crippen molar-refractivity contribution in [1.29, 1.82) is 0 Å². The SMILES string of the molecule is O=C(O)c1ncccc1OC[C@@H]1CNCC[C@H]1c1ccccc1. The number of nitrogens with zero attached hydrogens (tertiary/aromatic N) is 1. The van der Waals surface area contributed by atoms with Gasteiger partial charge in [0.25, 0.3) is 0 Å². The van der Waals surface area contributed by atoms with Gasteiger partial charge in [0.2, 0.25) is 0 Å². The van der Waals surface area contributed by atoms with Crippen LogP contribution in [-0.4, -0.2) is 35.8 Å². The van der Waals surface area contributed by atoms with Crippen molar-refractivity contribution in [2.75, 3.05) is 19.7 Å². The molecule has 0 saturated carbocycles. The molecule has 120 valence electrons. The van der Waals surface area contributed by atoms with Crippen LogP contribution in [0.2, 0.25) is 0 Å². The van der Waals surface area contributed by atoms with Crippen LogP contribution in [0.1, 0.15) is 28.4 Å². The maximum atomic E-state index is 11.2. The van der Waals surface area contributed by atoms with Crippen molar-refractivity contribution in [2.24, 2.45) is 5.92 Å². The number of carbonyl (C=O) groups is 1. The number of ether oxygens (including phenoxy) is 1. The number of rotatable bonds is 5. The van der Waals surface area contributed by atoms with Crippen LogP contribution in [-0.2, 0) is 0 Å². The molecule has 5 nitrogen and oxygen atoms in total. The van der Waals surface area contributed by atoms with E-state index < -0.39 is 5.97 Å². The lowest BCUT2D eigenvalue weighted by Gasteiger charge is -2.32. The highest BCUT2D eigenvalue weighted by molar-refractivity contribution is 5.88. The van der Waals surface area contributed by atoms with Crippen LogP contribution in [0.25, 0.3) is 0 Å². The van der Waals surface area contributed by atoms with Gasteiger partial charge >= 0.3 is 5.97 Å². The second-order valence-electron chi connectivity index (χ2n) is 5.74. The molecule has 1 aromatic carbocycles. The van der Waals surface area contributed by atoms with Crippen molar-refractivity contribution >= 4 is 5.97 Å². The molecule has 0 unspecified atom stereocenters. The van der Waals surface area contributed by atoms with Crippen LogP contribution in [0.5, 0.6) is 5.75 Å². The zero-order chi connectivity index (χ0) is 16.1. The number of aromatic nitrogens is 1. The molecule has 0 aliphatic carbocycles. The van der Waals surface area contributed by atoms with Gasteiger partial charge in [0, 0.05) is 18.7 Å². The summed E-state index contributed by atoms with van der Waals surface area (Å²) in [5, 5.41) is 12.6. The maximum absolute atomic E-state index is 11.2. The van der Waals surface area contributed by atoms with Gasteiger partial charge in [-0.25, -0.2) is 9.78 Å². The summed E-state index contributed by atoms with van der Waals surface area (Å²) in [6, 6.07) is 13.8. The normalized spacial score (nSPS) is 20.9. The number of carboxylic acid groups (broad SMARTS) is 1. The van der Waals surface area contributed by atoms with E-state index in [1.54, 1.807) is 12.1 Å². The summed E-state index contributed by atoms with van der Waals surface area (Å²) in [6.45, 7) is 2.32.